The Morgan fingerprint density at radius 3 is 1.51 bits per heavy atom. The predicted molar refractivity (Wildman–Crippen MR) is 175 cm³/mol. The number of esters is 2. The molecule has 0 N–H and O–H groups in total. The van der Waals surface area contributed by atoms with Crippen LogP contribution in [-0.2, 0) is 19.1 Å². The second kappa shape index (κ2) is 32.8. The number of unbranched alkanes of at least 4 members (excludes halogenated alkanes) is 21. The molecule has 0 spiro atoms. The highest BCUT2D eigenvalue weighted by Gasteiger charge is 2.17. The van der Waals surface area contributed by atoms with Crippen LogP contribution in [0.2, 0.25) is 0 Å². The summed E-state index contributed by atoms with van der Waals surface area (Å²) in [5, 5.41) is 0. The first kappa shape index (κ1) is 39.3. The van der Waals surface area contributed by atoms with Gasteiger partial charge in [-0.25, -0.2) is 0 Å². The van der Waals surface area contributed by atoms with E-state index in [0.717, 1.165) is 70.5 Å². The molecule has 1 unspecified atom stereocenters. The number of aldehydes is 1. The summed E-state index contributed by atoms with van der Waals surface area (Å²) >= 11 is 0. The van der Waals surface area contributed by atoms with E-state index in [2.05, 4.69) is 31.2 Å². The van der Waals surface area contributed by atoms with Crippen LogP contribution in [0.1, 0.15) is 187 Å². The fourth-order valence-electron chi connectivity index (χ4n) is 5.09. The molecule has 0 amide bonds. The van der Waals surface area contributed by atoms with Crippen LogP contribution in [0, 0.1) is 5.92 Å². The van der Waals surface area contributed by atoms with Crippen LogP contribution in [0.15, 0.2) is 24.3 Å². The number of allylic oxidation sites excluding steroid dienone is 4. The first-order valence-corrected chi connectivity index (χ1v) is 17.6. The molecule has 41 heavy (non-hydrogen) atoms. The Hall–Kier alpha value is -1.71. The minimum absolute atomic E-state index is 0.193. The zero-order chi connectivity index (χ0) is 30.1. The molecular formula is C37H66O4. The maximum absolute atomic E-state index is 12.2. The summed E-state index contributed by atoms with van der Waals surface area (Å²) in [6, 6.07) is 0. The molecule has 0 aromatic heterocycles. The van der Waals surface area contributed by atoms with Gasteiger partial charge in [0.25, 0.3) is 0 Å². The van der Waals surface area contributed by atoms with Gasteiger partial charge in [0.2, 0.25) is 0 Å². The second-order valence-electron chi connectivity index (χ2n) is 12.0. The van der Waals surface area contributed by atoms with E-state index in [4.69, 9.17) is 4.74 Å². The predicted octanol–water partition coefficient (Wildman–Crippen LogP) is 11.6. The molecule has 0 aromatic carbocycles. The summed E-state index contributed by atoms with van der Waals surface area (Å²) in [5.41, 5.74) is 0. The highest BCUT2D eigenvalue weighted by Crippen LogP contribution is 2.16. The molecule has 4 nitrogen and oxygen atoms in total. The van der Waals surface area contributed by atoms with Crippen molar-refractivity contribution in [2.45, 2.75) is 187 Å². The molecule has 0 rings (SSSR count). The lowest BCUT2D eigenvalue weighted by Crippen LogP contribution is -2.19. The van der Waals surface area contributed by atoms with E-state index in [1.54, 1.807) is 0 Å². The van der Waals surface area contributed by atoms with Gasteiger partial charge in [-0.1, -0.05) is 147 Å². The maximum atomic E-state index is 12.2. The fraction of sp³-hybridized carbons (Fsp3) is 0.811. The van der Waals surface area contributed by atoms with E-state index in [1.807, 2.05) is 6.92 Å². The van der Waals surface area contributed by atoms with Crippen molar-refractivity contribution in [2.24, 2.45) is 5.92 Å². The maximum Gasteiger partial charge on any atom is 0.316 e. The van der Waals surface area contributed by atoms with Crippen molar-refractivity contribution in [3.05, 3.63) is 24.3 Å². The van der Waals surface area contributed by atoms with E-state index in [-0.39, 0.29) is 17.9 Å². The summed E-state index contributed by atoms with van der Waals surface area (Å²) in [5.74, 6) is -0.895. The van der Waals surface area contributed by atoms with Gasteiger partial charge in [0, 0.05) is 12.8 Å². The van der Waals surface area contributed by atoms with E-state index >= 15 is 0 Å². The third-order valence-electron chi connectivity index (χ3n) is 7.91. The summed E-state index contributed by atoms with van der Waals surface area (Å²) in [6.45, 7) is 4.12. The molecule has 0 saturated carbocycles. The molecule has 0 aliphatic rings. The van der Waals surface area contributed by atoms with Gasteiger partial charge in [0.05, 0.1) is 5.92 Å². The first-order chi connectivity index (χ1) is 20.1. The molecule has 0 aliphatic heterocycles. The monoisotopic (exact) mass is 574 g/mol. The van der Waals surface area contributed by atoms with Crippen LogP contribution in [0.5, 0.6) is 0 Å². The normalized spacial score (nSPS) is 12.3. The Bertz CT molecular complexity index is 651. The highest BCUT2D eigenvalue weighted by molar-refractivity contribution is 5.86. The molecule has 0 radical (unpaired) electrons. The number of carbonyl (C=O) groups excluding carboxylic acids is 3. The SMILES string of the molecule is CCCCCC=CCC=CCCCCCCCC(=O)OC(=O)C(C)CCCCCCCCCCCCCCCC=O. The van der Waals surface area contributed by atoms with Crippen molar-refractivity contribution in [3.8, 4) is 0 Å². The van der Waals surface area contributed by atoms with Crippen LogP contribution in [-0.4, -0.2) is 18.2 Å². The average Bonchev–Trinajstić information content (AvgIpc) is 2.96. The largest absolute Gasteiger partial charge is 0.393 e. The molecule has 4 heteroatoms. The van der Waals surface area contributed by atoms with Crippen molar-refractivity contribution in [2.75, 3.05) is 0 Å². The third-order valence-corrected chi connectivity index (χ3v) is 7.91. The fourth-order valence-corrected chi connectivity index (χ4v) is 5.09. The standard InChI is InChI=1S/C37H66O4/c1-3-4-5-6-7-8-9-10-11-15-18-21-24-27-30-33-36(39)41-37(40)35(2)32-29-26-23-20-17-14-12-13-16-19-22-25-28-31-34-38/h7-8,10-11,34-35H,3-6,9,12-33H2,1-2H3. The van der Waals surface area contributed by atoms with Crippen molar-refractivity contribution in [1.82, 2.24) is 0 Å². The van der Waals surface area contributed by atoms with Crippen molar-refractivity contribution in [1.29, 1.82) is 0 Å². The summed E-state index contributed by atoms with van der Waals surface area (Å²) in [6.07, 6.45) is 40.8. The van der Waals surface area contributed by atoms with Gasteiger partial charge >= 0.3 is 11.9 Å². The quantitative estimate of drug-likeness (QED) is 0.0271. The molecule has 1 atom stereocenters. The average molecular weight is 575 g/mol. The van der Waals surface area contributed by atoms with Gasteiger partial charge in [0.15, 0.2) is 0 Å². The minimum atomic E-state index is -0.356. The van der Waals surface area contributed by atoms with Crippen molar-refractivity contribution in [3.63, 3.8) is 0 Å². The van der Waals surface area contributed by atoms with E-state index in [0.29, 0.717) is 6.42 Å². The number of ether oxygens (including phenoxy) is 1. The minimum Gasteiger partial charge on any atom is -0.393 e. The van der Waals surface area contributed by atoms with Crippen LogP contribution in [0.3, 0.4) is 0 Å². The number of carbonyl (C=O) groups is 3. The molecule has 0 bridgehead atoms. The highest BCUT2D eigenvalue weighted by atomic mass is 16.6. The van der Waals surface area contributed by atoms with E-state index < -0.39 is 0 Å². The van der Waals surface area contributed by atoms with Gasteiger partial charge < -0.3 is 9.53 Å². The van der Waals surface area contributed by atoms with E-state index in [1.165, 1.54) is 103 Å². The summed E-state index contributed by atoms with van der Waals surface area (Å²) in [7, 11) is 0. The lowest BCUT2D eigenvalue weighted by Gasteiger charge is -2.10. The smallest absolute Gasteiger partial charge is 0.316 e. The van der Waals surface area contributed by atoms with Gasteiger partial charge in [-0.15, -0.1) is 0 Å². The first-order valence-electron chi connectivity index (χ1n) is 17.6. The second-order valence-corrected chi connectivity index (χ2v) is 12.0. The molecule has 0 aromatic rings. The number of hydrogen-bond acceptors (Lipinski definition) is 4. The molecular weight excluding hydrogens is 508 g/mol. The van der Waals surface area contributed by atoms with Crippen LogP contribution in [0.25, 0.3) is 0 Å². The number of rotatable bonds is 31. The topological polar surface area (TPSA) is 60.4 Å². The van der Waals surface area contributed by atoms with Gasteiger partial charge in [-0.05, 0) is 51.4 Å². The summed E-state index contributed by atoms with van der Waals surface area (Å²) in [4.78, 5) is 34.5. The van der Waals surface area contributed by atoms with Gasteiger partial charge in [0.1, 0.15) is 6.29 Å². The Labute approximate surface area is 254 Å². The lowest BCUT2D eigenvalue weighted by atomic mass is 10.0. The Morgan fingerprint density at radius 2 is 1.00 bits per heavy atom. The Kier molecular flexibility index (Phi) is 31.4. The van der Waals surface area contributed by atoms with Gasteiger partial charge in [-0.3, -0.25) is 9.59 Å². The van der Waals surface area contributed by atoms with Crippen molar-refractivity contribution >= 4 is 18.2 Å². The zero-order valence-corrected chi connectivity index (χ0v) is 27.2. The Morgan fingerprint density at radius 1 is 0.561 bits per heavy atom. The molecule has 0 aliphatic carbocycles. The molecule has 0 fully saturated rings. The molecule has 0 heterocycles. The molecule has 238 valence electrons. The zero-order valence-electron chi connectivity index (χ0n) is 27.2. The van der Waals surface area contributed by atoms with Crippen LogP contribution >= 0.6 is 0 Å². The van der Waals surface area contributed by atoms with Crippen molar-refractivity contribution < 1.29 is 19.1 Å². The summed E-state index contributed by atoms with van der Waals surface area (Å²) < 4.78 is 5.10. The van der Waals surface area contributed by atoms with Crippen LogP contribution < -0.4 is 0 Å². The lowest BCUT2D eigenvalue weighted by molar-refractivity contribution is -0.162. The molecule has 0 saturated heterocycles. The van der Waals surface area contributed by atoms with Gasteiger partial charge in [-0.2, -0.15) is 0 Å². The van der Waals surface area contributed by atoms with E-state index in [9.17, 15) is 14.4 Å². The number of hydrogen-bond donors (Lipinski definition) is 0. The van der Waals surface area contributed by atoms with Crippen LogP contribution in [0.4, 0.5) is 0 Å². The third kappa shape index (κ3) is 31.1. The Balaban J connectivity index is 3.48.